The van der Waals surface area contributed by atoms with Crippen molar-refractivity contribution in [2.75, 3.05) is 5.75 Å². The molecule has 0 heterocycles. The number of rotatable bonds is 4. The van der Waals surface area contributed by atoms with E-state index in [4.69, 9.17) is 5.73 Å². The van der Waals surface area contributed by atoms with Crippen LogP contribution in [0.3, 0.4) is 0 Å². The Balaban J connectivity index is 2.11. The second-order valence-corrected chi connectivity index (χ2v) is 6.52. The average Bonchev–Trinajstić information content (AvgIpc) is 2.37. The van der Waals surface area contributed by atoms with Gasteiger partial charge in [0.25, 0.3) is 0 Å². The van der Waals surface area contributed by atoms with Gasteiger partial charge < -0.3 is 5.73 Å². The molecule has 2 rings (SSSR count). The Hall–Kier alpha value is -0.670. The highest BCUT2D eigenvalue weighted by Gasteiger charge is 2.30. The van der Waals surface area contributed by atoms with Crippen molar-refractivity contribution in [1.82, 2.24) is 0 Å². The Morgan fingerprint density at radius 2 is 2.18 bits per heavy atom. The average molecular weight is 251 g/mol. The molecule has 0 radical (unpaired) electrons. The highest BCUT2D eigenvalue weighted by Crippen LogP contribution is 2.31. The summed E-state index contributed by atoms with van der Waals surface area (Å²) in [6.07, 6.45) is 4.13. The third-order valence-corrected chi connectivity index (χ3v) is 5.45. The summed E-state index contributed by atoms with van der Waals surface area (Å²) < 4.78 is 12.2. The van der Waals surface area contributed by atoms with Gasteiger partial charge in [0.2, 0.25) is 0 Å². The van der Waals surface area contributed by atoms with Crippen LogP contribution in [0.4, 0.5) is 0 Å². The molecule has 0 spiro atoms. The van der Waals surface area contributed by atoms with Gasteiger partial charge in [-0.3, -0.25) is 4.21 Å². The van der Waals surface area contributed by atoms with E-state index in [1.807, 2.05) is 6.07 Å². The van der Waals surface area contributed by atoms with Crippen molar-refractivity contribution in [2.45, 2.75) is 43.9 Å². The lowest BCUT2D eigenvalue weighted by atomic mass is 9.88. The van der Waals surface area contributed by atoms with Gasteiger partial charge in [0.05, 0.1) is 5.25 Å². The third-order valence-electron chi connectivity index (χ3n) is 3.55. The standard InChI is InChI=1S/C14H21NOS/c1-2-3-10-17(16)13-9-8-11-6-4-5-7-12(11)14(13)15/h4-7,13-14H,2-3,8-10,15H2,1H3. The van der Waals surface area contributed by atoms with Crippen LogP contribution in [0.15, 0.2) is 24.3 Å². The molecule has 1 aliphatic carbocycles. The van der Waals surface area contributed by atoms with Gasteiger partial charge in [-0.2, -0.15) is 0 Å². The van der Waals surface area contributed by atoms with E-state index in [0.29, 0.717) is 0 Å². The van der Waals surface area contributed by atoms with Crippen LogP contribution < -0.4 is 5.73 Å². The van der Waals surface area contributed by atoms with E-state index in [1.54, 1.807) is 0 Å². The van der Waals surface area contributed by atoms with Crippen LogP contribution in [-0.4, -0.2) is 15.2 Å². The van der Waals surface area contributed by atoms with Crippen molar-refractivity contribution in [1.29, 1.82) is 0 Å². The first-order valence-corrected chi connectivity index (χ1v) is 7.82. The molecule has 2 nitrogen and oxygen atoms in total. The molecule has 2 N–H and O–H groups in total. The summed E-state index contributed by atoms with van der Waals surface area (Å²) in [5.74, 6) is 0.803. The van der Waals surface area contributed by atoms with Crippen LogP contribution in [0.2, 0.25) is 0 Å². The second-order valence-electron chi connectivity index (χ2n) is 4.74. The molecule has 1 aromatic carbocycles. The minimum atomic E-state index is -0.769. The first kappa shape index (κ1) is 12.8. The normalized spacial score (nSPS) is 25.3. The maximum absolute atomic E-state index is 12.2. The van der Waals surface area contributed by atoms with Gasteiger partial charge in [0, 0.05) is 22.6 Å². The summed E-state index contributed by atoms with van der Waals surface area (Å²) in [6, 6.07) is 8.26. The predicted molar refractivity (Wildman–Crippen MR) is 73.4 cm³/mol. The van der Waals surface area contributed by atoms with Gasteiger partial charge in [-0.25, -0.2) is 0 Å². The number of hydrogen-bond acceptors (Lipinski definition) is 2. The number of hydrogen-bond donors (Lipinski definition) is 1. The zero-order valence-corrected chi connectivity index (χ0v) is 11.2. The van der Waals surface area contributed by atoms with E-state index in [1.165, 1.54) is 11.1 Å². The highest BCUT2D eigenvalue weighted by molar-refractivity contribution is 7.85. The number of benzene rings is 1. The quantitative estimate of drug-likeness (QED) is 0.893. The first-order chi connectivity index (χ1) is 8.24. The van der Waals surface area contributed by atoms with E-state index in [9.17, 15) is 4.21 Å². The zero-order valence-electron chi connectivity index (χ0n) is 10.4. The summed E-state index contributed by atoms with van der Waals surface area (Å²) in [7, 11) is -0.769. The Morgan fingerprint density at radius 1 is 1.41 bits per heavy atom. The van der Waals surface area contributed by atoms with Crippen molar-refractivity contribution in [3.8, 4) is 0 Å². The molecule has 0 saturated heterocycles. The Morgan fingerprint density at radius 3 is 2.94 bits per heavy atom. The fourth-order valence-electron chi connectivity index (χ4n) is 2.50. The van der Waals surface area contributed by atoms with Gasteiger partial charge in [-0.05, 0) is 30.4 Å². The molecular formula is C14H21NOS. The number of nitrogens with two attached hydrogens (primary N) is 1. The molecule has 0 aliphatic heterocycles. The number of unbranched alkanes of at least 4 members (excludes halogenated alkanes) is 1. The molecule has 0 saturated carbocycles. The fourth-order valence-corrected chi connectivity index (χ4v) is 4.23. The predicted octanol–water partition coefficient (Wildman–Crippen LogP) is 2.55. The van der Waals surface area contributed by atoms with Crippen LogP contribution in [0.5, 0.6) is 0 Å². The van der Waals surface area contributed by atoms with Crippen LogP contribution in [0.1, 0.15) is 43.4 Å². The van der Waals surface area contributed by atoms with E-state index < -0.39 is 10.8 Å². The summed E-state index contributed by atoms with van der Waals surface area (Å²) in [5.41, 5.74) is 8.81. The molecule has 0 aromatic heterocycles. The number of aryl methyl sites for hydroxylation is 1. The van der Waals surface area contributed by atoms with Crippen molar-refractivity contribution in [3.63, 3.8) is 0 Å². The van der Waals surface area contributed by atoms with E-state index >= 15 is 0 Å². The first-order valence-electron chi connectivity index (χ1n) is 6.44. The molecule has 94 valence electrons. The molecular weight excluding hydrogens is 230 g/mol. The summed E-state index contributed by atoms with van der Waals surface area (Å²) in [5, 5.41) is 0.149. The van der Waals surface area contributed by atoms with Gasteiger partial charge >= 0.3 is 0 Å². The summed E-state index contributed by atoms with van der Waals surface area (Å²) >= 11 is 0. The smallest absolute Gasteiger partial charge is 0.0544 e. The van der Waals surface area contributed by atoms with Gasteiger partial charge in [0.1, 0.15) is 0 Å². The van der Waals surface area contributed by atoms with Crippen molar-refractivity contribution in [3.05, 3.63) is 35.4 Å². The third kappa shape index (κ3) is 2.78. The topological polar surface area (TPSA) is 43.1 Å². The van der Waals surface area contributed by atoms with Crippen LogP contribution in [0.25, 0.3) is 0 Å². The SMILES string of the molecule is CCCCS(=O)C1CCc2ccccc2C1N. The van der Waals surface area contributed by atoms with Crippen LogP contribution in [-0.2, 0) is 17.2 Å². The Kier molecular flexibility index (Phi) is 4.35. The molecule has 3 heteroatoms. The molecule has 0 bridgehead atoms. The molecule has 1 aliphatic rings. The molecule has 17 heavy (non-hydrogen) atoms. The number of fused-ring (bicyclic) bond motifs is 1. The minimum Gasteiger partial charge on any atom is -0.323 e. The van der Waals surface area contributed by atoms with E-state index in [-0.39, 0.29) is 11.3 Å². The monoisotopic (exact) mass is 251 g/mol. The van der Waals surface area contributed by atoms with Gasteiger partial charge in [-0.1, -0.05) is 37.6 Å². The van der Waals surface area contributed by atoms with Crippen molar-refractivity contribution >= 4 is 10.8 Å². The van der Waals surface area contributed by atoms with E-state index in [0.717, 1.165) is 31.4 Å². The lowest BCUT2D eigenvalue weighted by Crippen LogP contribution is -2.35. The molecule has 1 aromatic rings. The maximum atomic E-state index is 12.2. The molecule has 3 unspecified atom stereocenters. The van der Waals surface area contributed by atoms with Crippen LogP contribution in [0, 0.1) is 0 Å². The molecule has 0 amide bonds. The van der Waals surface area contributed by atoms with Gasteiger partial charge in [0.15, 0.2) is 0 Å². The highest BCUT2D eigenvalue weighted by atomic mass is 32.2. The summed E-state index contributed by atoms with van der Waals surface area (Å²) in [4.78, 5) is 0. The molecule has 0 fully saturated rings. The van der Waals surface area contributed by atoms with Gasteiger partial charge in [-0.15, -0.1) is 0 Å². The summed E-state index contributed by atoms with van der Waals surface area (Å²) in [6.45, 7) is 2.13. The largest absolute Gasteiger partial charge is 0.323 e. The fraction of sp³-hybridized carbons (Fsp3) is 0.571. The lowest BCUT2D eigenvalue weighted by molar-refractivity contribution is 0.562. The molecule has 3 atom stereocenters. The Bertz CT molecular complexity index is 405. The lowest BCUT2D eigenvalue weighted by Gasteiger charge is -2.30. The van der Waals surface area contributed by atoms with Crippen molar-refractivity contribution < 1.29 is 4.21 Å². The van der Waals surface area contributed by atoms with E-state index in [2.05, 4.69) is 25.1 Å². The Labute approximate surface area is 106 Å². The zero-order chi connectivity index (χ0) is 12.3. The minimum absolute atomic E-state index is 0.0439. The maximum Gasteiger partial charge on any atom is 0.0544 e. The van der Waals surface area contributed by atoms with Crippen LogP contribution >= 0.6 is 0 Å². The van der Waals surface area contributed by atoms with Crippen molar-refractivity contribution in [2.24, 2.45) is 5.73 Å². The second kappa shape index (κ2) is 5.78.